The number of rotatable bonds is 5. The Morgan fingerprint density at radius 1 is 1.24 bits per heavy atom. The van der Waals surface area contributed by atoms with E-state index in [1.54, 1.807) is 0 Å². The molecule has 0 heterocycles. The summed E-state index contributed by atoms with van der Waals surface area (Å²) in [5.41, 5.74) is 1.93. The Balaban J connectivity index is 1.75. The van der Waals surface area contributed by atoms with Crippen molar-refractivity contribution in [3.63, 3.8) is 0 Å². The van der Waals surface area contributed by atoms with Gasteiger partial charge in [0.1, 0.15) is 5.75 Å². The van der Waals surface area contributed by atoms with E-state index in [-0.39, 0.29) is 12.5 Å². The third-order valence-corrected chi connectivity index (χ3v) is 4.69. The van der Waals surface area contributed by atoms with Crippen LogP contribution in [-0.2, 0) is 4.79 Å². The second-order valence-corrected chi connectivity index (χ2v) is 6.35. The van der Waals surface area contributed by atoms with Crippen molar-refractivity contribution in [1.29, 1.82) is 0 Å². The van der Waals surface area contributed by atoms with E-state index in [9.17, 15) is 4.79 Å². The smallest absolute Gasteiger partial charge is 0.257 e. The lowest BCUT2D eigenvalue weighted by Gasteiger charge is -2.21. The van der Waals surface area contributed by atoms with E-state index in [1.807, 2.05) is 26.0 Å². The number of benzene rings is 1. The van der Waals surface area contributed by atoms with Crippen LogP contribution in [0, 0.1) is 19.8 Å². The van der Waals surface area contributed by atoms with Crippen molar-refractivity contribution in [2.24, 2.45) is 5.92 Å². The molecule has 0 spiro atoms. The highest BCUT2D eigenvalue weighted by atomic mass is 35.5. The Kier molecular flexibility index (Phi) is 5.92. The van der Waals surface area contributed by atoms with Crippen molar-refractivity contribution in [2.45, 2.75) is 46.0 Å². The number of amides is 1. The first-order valence-corrected chi connectivity index (χ1v) is 8.10. The maximum Gasteiger partial charge on any atom is 0.257 e. The van der Waals surface area contributed by atoms with E-state index >= 15 is 0 Å². The van der Waals surface area contributed by atoms with E-state index in [4.69, 9.17) is 16.3 Å². The molecule has 1 aliphatic carbocycles. The van der Waals surface area contributed by atoms with E-state index in [0.29, 0.717) is 11.7 Å². The maximum atomic E-state index is 11.8. The van der Waals surface area contributed by atoms with Gasteiger partial charge >= 0.3 is 0 Å². The van der Waals surface area contributed by atoms with Gasteiger partial charge in [-0.15, -0.1) is 0 Å². The molecule has 1 aliphatic rings. The summed E-state index contributed by atoms with van der Waals surface area (Å²) in [4.78, 5) is 11.8. The summed E-state index contributed by atoms with van der Waals surface area (Å²) in [6.07, 6.45) is 6.39. The summed E-state index contributed by atoms with van der Waals surface area (Å²) in [5.74, 6) is 1.29. The van der Waals surface area contributed by atoms with Crippen molar-refractivity contribution in [3.8, 4) is 5.75 Å². The van der Waals surface area contributed by atoms with Crippen molar-refractivity contribution >= 4 is 17.5 Å². The molecule has 0 atom stereocenters. The van der Waals surface area contributed by atoms with Gasteiger partial charge < -0.3 is 10.1 Å². The molecule has 1 aromatic carbocycles. The predicted molar refractivity (Wildman–Crippen MR) is 86.0 cm³/mol. The van der Waals surface area contributed by atoms with Crippen molar-refractivity contribution < 1.29 is 9.53 Å². The highest BCUT2D eigenvalue weighted by molar-refractivity contribution is 6.32. The molecule has 2 rings (SSSR count). The number of carbonyl (C=O) groups excluding carboxylic acids is 1. The lowest BCUT2D eigenvalue weighted by atomic mass is 9.89. The van der Waals surface area contributed by atoms with Gasteiger partial charge in [-0.2, -0.15) is 0 Å². The van der Waals surface area contributed by atoms with E-state index < -0.39 is 0 Å². The topological polar surface area (TPSA) is 38.3 Å². The van der Waals surface area contributed by atoms with Gasteiger partial charge in [0.05, 0.1) is 0 Å². The number of carbonyl (C=O) groups is 1. The molecule has 1 aromatic rings. The van der Waals surface area contributed by atoms with Crippen molar-refractivity contribution in [3.05, 3.63) is 28.3 Å². The van der Waals surface area contributed by atoms with Gasteiger partial charge in [0.2, 0.25) is 0 Å². The van der Waals surface area contributed by atoms with Crippen LogP contribution >= 0.6 is 11.6 Å². The van der Waals surface area contributed by atoms with Crippen molar-refractivity contribution in [2.75, 3.05) is 13.2 Å². The summed E-state index contributed by atoms with van der Waals surface area (Å²) < 4.78 is 5.55. The lowest BCUT2D eigenvalue weighted by Crippen LogP contribution is -2.33. The third-order valence-electron chi connectivity index (χ3n) is 4.09. The number of ether oxygens (including phenoxy) is 1. The Morgan fingerprint density at radius 2 is 1.86 bits per heavy atom. The lowest BCUT2D eigenvalue weighted by molar-refractivity contribution is -0.123. The molecule has 21 heavy (non-hydrogen) atoms. The van der Waals surface area contributed by atoms with Gasteiger partial charge in [0.25, 0.3) is 5.91 Å². The summed E-state index contributed by atoms with van der Waals surface area (Å²) in [6.45, 7) is 4.71. The number of aryl methyl sites for hydroxylation is 2. The minimum absolute atomic E-state index is 0.0502. The SMILES string of the molecule is Cc1cc(OCC(=O)NCC2CCCCC2)cc(C)c1Cl. The molecule has 3 nitrogen and oxygen atoms in total. The average Bonchev–Trinajstić information content (AvgIpc) is 2.49. The number of hydrogen-bond acceptors (Lipinski definition) is 2. The highest BCUT2D eigenvalue weighted by Gasteiger charge is 2.14. The van der Waals surface area contributed by atoms with Crippen LogP contribution in [0.5, 0.6) is 5.75 Å². The van der Waals surface area contributed by atoms with E-state index in [1.165, 1.54) is 32.1 Å². The van der Waals surface area contributed by atoms with Gasteiger partial charge in [0, 0.05) is 11.6 Å². The molecule has 1 amide bonds. The molecule has 0 unspecified atom stereocenters. The Bertz CT molecular complexity index is 473. The molecule has 1 fully saturated rings. The van der Waals surface area contributed by atoms with Gasteiger partial charge in [-0.3, -0.25) is 4.79 Å². The number of hydrogen-bond donors (Lipinski definition) is 1. The molecule has 1 saturated carbocycles. The summed E-state index contributed by atoms with van der Waals surface area (Å²) in [7, 11) is 0. The first-order valence-electron chi connectivity index (χ1n) is 7.72. The summed E-state index contributed by atoms with van der Waals surface area (Å²) in [6, 6.07) is 3.73. The molecule has 0 radical (unpaired) electrons. The molecular formula is C17H24ClNO2. The summed E-state index contributed by atoms with van der Waals surface area (Å²) in [5, 5.41) is 3.73. The average molecular weight is 310 g/mol. The zero-order valence-electron chi connectivity index (χ0n) is 12.9. The first kappa shape index (κ1) is 16.2. The van der Waals surface area contributed by atoms with Crippen LogP contribution in [0.1, 0.15) is 43.2 Å². The summed E-state index contributed by atoms with van der Waals surface area (Å²) >= 11 is 6.11. The van der Waals surface area contributed by atoms with Crippen LogP contribution < -0.4 is 10.1 Å². The first-order chi connectivity index (χ1) is 10.1. The molecule has 0 aliphatic heterocycles. The molecule has 1 N–H and O–H groups in total. The van der Waals surface area contributed by atoms with Crippen LogP contribution in [0.2, 0.25) is 5.02 Å². The standard InChI is InChI=1S/C17H24ClNO2/c1-12-8-15(9-13(2)17(12)18)21-11-16(20)19-10-14-6-4-3-5-7-14/h8-9,14H,3-7,10-11H2,1-2H3,(H,19,20). The van der Waals surface area contributed by atoms with Gasteiger partial charge in [-0.05, 0) is 55.9 Å². The van der Waals surface area contributed by atoms with Gasteiger partial charge in [-0.25, -0.2) is 0 Å². The van der Waals surface area contributed by atoms with Gasteiger partial charge in [0.15, 0.2) is 6.61 Å². The molecular weight excluding hydrogens is 286 g/mol. The monoisotopic (exact) mass is 309 g/mol. The molecule has 4 heteroatoms. The second kappa shape index (κ2) is 7.69. The number of halogens is 1. The molecule has 0 saturated heterocycles. The minimum atomic E-state index is -0.0502. The van der Waals surface area contributed by atoms with Crippen LogP contribution in [0.15, 0.2) is 12.1 Å². The molecule has 116 valence electrons. The molecule has 0 aromatic heterocycles. The van der Waals surface area contributed by atoms with Crippen LogP contribution in [0.25, 0.3) is 0 Å². The third kappa shape index (κ3) is 4.92. The normalized spacial score (nSPS) is 15.8. The van der Waals surface area contributed by atoms with Crippen LogP contribution in [0.4, 0.5) is 0 Å². The maximum absolute atomic E-state index is 11.8. The van der Waals surface area contributed by atoms with E-state index in [2.05, 4.69) is 5.32 Å². The van der Waals surface area contributed by atoms with Gasteiger partial charge in [-0.1, -0.05) is 30.9 Å². The number of nitrogens with one attached hydrogen (secondary N) is 1. The Labute approximate surface area is 132 Å². The molecule has 0 bridgehead atoms. The second-order valence-electron chi connectivity index (χ2n) is 5.97. The highest BCUT2D eigenvalue weighted by Crippen LogP contribution is 2.26. The van der Waals surface area contributed by atoms with Crippen molar-refractivity contribution in [1.82, 2.24) is 5.32 Å². The minimum Gasteiger partial charge on any atom is -0.484 e. The van der Waals surface area contributed by atoms with E-state index in [0.717, 1.165) is 22.7 Å². The Hall–Kier alpha value is -1.22. The zero-order chi connectivity index (χ0) is 15.2. The van der Waals surface area contributed by atoms with Crippen LogP contribution in [0.3, 0.4) is 0 Å². The Morgan fingerprint density at radius 3 is 2.48 bits per heavy atom. The fourth-order valence-corrected chi connectivity index (χ4v) is 2.95. The largest absolute Gasteiger partial charge is 0.484 e. The fraction of sp³-hybridized carbons (Fsp3) is 0.588. The van der Waals surface area contributed by atoms with Crippen LogP contribution in [-0.4, -0.2) is 19.1 Å². The quantitative estimate of drug-likeness (QED) is 0.891. The fourth-order valence-electron chi connectivity index (χ4n) is 2.84. The predicted octanol–water partition coefficient (Wildman–Crippen LogP) is 4.03. The zero-order valence-corrected chi connectivity index (χ0v) is 13.6.